The molecule has 3 rings (SSSR count). The smallest absolute Gasteiger partial charge is 0.412 e. The van der Waals surface area contributed by atoms with E-state index in [1.54, 1.807) is 40.0 Å². The van der Waals surface area contributed by atoms with Crippen molar-refractivity contribution in [2.75, 3.05) is 25.5 Å². The van der Waals surface area contributed by atoms with Crippen molar-refractivity contribution >= 4 is 46.4 Å². The molecule has 1 heterocycles. The van der Waals surface area contributed by atoms with Crippen molar-refractivity contribution in [3.8, 4) is 0 Å². The number of rotatable bonds is 11. The van der Waals surface area contributed by atoms with E-state index in [2.05, 4.69) is 20.9 Å². The van der Waals surface area contributed by atoms with Gasteiger partial charge in [0, 0.05) is 31.7 Å². The maximum Gasteiger partial charge on any atom is 0.412 e. The normalized spacial score (nSPS) is 11.9. The minimum Gasteiger partial charge on any atom is -0.447 e. The number of amides is 4. The Morgan fingerprint density at radius 2 is 1.79 bits per heavy atom. The van der Waals surface area contributed by atoms with Crippen LogP contribution in [-0.2, 0) is 16.0 Å². The average molecular weight is 620 g/mol. The number of hydrogen-bond donors (Lipinski definition) is 3. The molecule has 0 aliphatic rings. The fourth-order valence-corrected chi connectivity index (χ4v) is 4.23. The van der Waals surface area contributed by atoms with Gasteiger partial charge in [-0.15, -0.1) is 0 Å². The van der Waals surface area contributed by atoms with Crippen molar-refractivity contribution in [3.05, 3.63) is 70.9 Å². The van der Waals surface area contributed by atoms with Crippen LogP contribution in [0, 0.1) is 11.6 Å². The molecule has 1 aromatic heterocycles. The summed E-state index contributed by atoms with van der Waals surface area (Å²) < 4.78 is 38.0. The molecule has 13 heteroatoms. The number of benzene rings is 2. The molecular weight excluding hydrogens is 584 g/mol. The highest BCUT2D eigenvalue weighted by molar-refractivity contribution is 6.31. The van der Waals surface area contributed by atoms with Gasteiger partial charge in [0.1, 0.15) is 29.7 Å². The van der Waals surface area contributed by atoms with Crippen molar-refractivity contribution in [2.24, 2.45) is 0 Å². The summed E-state index contributed by atoms with van der Waals surface area (Å²) in [7, 11) is 1.55. The van der Waals surface area contributed by atoms with Crippen LogP contribution in [0.3, 0.4) is 0 Å². The summed E-state index contributed by atoms with van der Waals surface area (Å²) >= 11 is 6.00. The highest BCUT2D eigenvalue weighted by atomic mass is 35.5. The number of hydrogen-bond acceptors (Lipinski definition) is 6. The summed E-state index contributed by atoms with van der Waals surface area (Å²) in [6.45, 7) is 5.50. The van der Waals surface area contributed by atoms with Crippen LogP contribution in [0.1, 0.15) is 45.6 Å². The zero-order chi connectivity index (χ0) is 31.6. The highest BCUT2D eigenvalue weighted by Crippen LogP contribution is 2.20. The lowest BCUT2D eigenvalue weighted by Crippen LogP contribution is -2.46. The number of anilines is 1. The van der Waals surface area contributed by atoms with E-state index in [1.165, 1.54) is 41.4 Å². The van der Waals surface area contributed by atoms with Crippen molar-refractivity contribution in [3.63, 3.8) is 0 Å². The maximum atomic E-state index is 13.8. The largest absolute Gasteiger partial charge is 0.447 e. The molecule has 232 valence electrons. The van der Waals surface area contributed by atoms with Crippen molar-refractivity contribution < 1.29 is 32.6 Å². The Hall–Kier alpha value is -4.19. The fourth-order valence-electron chi connectivity index (χ4n) is 4.04. The Morgan fingerprint density at radius 1 is 1.02 bits per heavy atom. The van der Waals surface area contributed by atoms with E-state index in [0.717, 1.165) is 0 Å². The third-order valence-electron chi connectivity index (χ3n) is 6.28. The molecule has 0 aliphatic carbocycles. The summed E-state index contributed by atoms with van der Waals surface area (Å²) in [6.07, 6.45) is 1.76. The number of carbonyl (C=O) groups is 3. The molecule has 0 saturated heterocycles. The van der Waals surface area contributed by atoms with Crippen LogP contribution in [0.15, 0.2) is 48.7 Å². The summed E-state index contributed by atoms with van der Waals surface area (Å²) in [4.78, 5) is 43.0. The second-order valence-corrected chi connectivity index (χ2v) is 11.2. The lowest BCUT2D eigenvalue weighted by Gasteiger charge is -2.28. The van der Waals surface area contributed by atoms with Gasteiger partial charge in [0.05, 0.1) is 11.1 Å². The van der Waals surface area contributed by atoms with Gasteiger partial charge in [-0.2, -0.15) is 0 Å². The number of nitrogens with one attached hydrogen (secondary N) is 3. The zero-order valence-corrected chi connectivity index (χ0v) is 25.3. The number of aromatic nitrogens is 1. The molecule has 1 atom stereocenters. The summed E-state index contributed by atoms with van der Waals surface area (Å²) in [5.41, 5.74) is -0.205. The van der Waals surface area contributed by atoms with Crippen LogP contribution < -0.4 is 16.0 Å². The van der Waals surface area contributed by atoms with Crippen molar-refractivity contribution in [1.29, 1.82) is 0 Å². The third kappa shape index (κ3) is 10.9. The number of carbonyl (C=O) groups excluding carboxylic acids is 3. The fraction of sp³-hybridized carbons (Fsp3) is 0.400. The summed E-state index contributed by atoms with van der Waals surface area (Å²) in [6, 6.07) is 9.03. The highest BCUT2D eigenvalue weighted by Gasteiger charge is 2.22. The second kappa shape index (κ2) is 15.3. The van der Waals surface area contributed by atoms with Gasteiger partial charge < -0.3 is 25.0 Å². The van der Waals surface area contributed by atoms with Gasteiger partial charge >= 0.3 is 18.2 Å². The van der Waals surface area contributed by atoms with Crippen LogP contribution in [0.4, 0.5) is 29.0 Å². The molecule has 10 nitrogen and oxygen atoms in total. The van der Waals surface area contributed by atoms with E-state index in [1.807, 2.05) is 0 Å². The number of likely N-dealkylation sites (N-methyl/N-ethyl adjacent to an activating group) is 1. The first-order valence-corrected chi connectivity index (χ1v) is 14.1. The lowest BCUT2D eigenvalue weighted by atomic mass is 10.1. The zero-order valence-electron chi connectivity index (χ0n) is 24.5. The van der Waals surface area contributed by atoms with Crippen LogP contribution in [0.25, 0.3) is 10.8 Å². The number of nitrogens with zero attached hydrogens (tertiary/aromatic N) is 2. The Morgan fingerprint density at radius 3 is 2.53 bits per heavy atom. The quantitative estimate of drug-likeness (QED) is 0.207. The first kappa shape index (κ1) is 33.3. The molecule has 0 saturated carbocycles. The Labute approximate surface area is 254 Å². The van der Waals surface area contributed by atoms with E-state index < -0.39 is 41.5 Å². The molecule has 0 spiro atoms. The molecule has 3 aromatic rings. The molecular formula is C30H36ClF2N5O5. The van der Waals surface area contributed by atoms with Crippen molar-refractivity contribution in [2.45, 2.75) is 58.2 Å². The summed E-state index contributed by atoms with van der Waals surface area (Å²) in [5, 5.41) is 9.08. The minimum absolute atomic E-state index is 0.0120. The van der Waals surface area contributed by atoms with Gasteiger partial charge in [0.25, 0.3) is 0 Å². The molecule has 0 fully saturated rings. The Kier molecular flexibility index (Phi) is 11.9. The SMILES string of the molecule is CN(C(=O)NCc1cccc(F)c1Cl)[C@@H](CCCCNC(=O)OC(C)(C)C)COC(=O)Nc1cc2cc(F)ccc2cn1. The molecule has 0 bridgehead atoms. The molecule has 0 aliphatic heterocycles. The second-order valence-electron chi connectivity index (χ2n) is 10.8. The van der Waals surface area contributed by atoms with Gasteiger partial charge in [-0.3, -0.25) is 5.32 Å². The Bertz CT molecular complexity index is 1440. The van der Waals surface area contributed by atoms with Gasteiger partial charge in [-0.05, 0) is 81.3 Å². The standard InChI is InChI=1S/C30H36ClF2N5O5/c1-30(2,3)43-28(40)34-13-6-5-9-23(38(4)27(39)36-17-20-8-7-10-24(33)26(20)31)18-42-29(41)37-25-15-21-14-22(32)12-11-19(21)16-35-25/h7-8,10-12,14-16,23H,5-6,9,13,17-18H2,1-4H3,(H,34,40)(H,36,39)(H,35,37,41)/t23-/m0/s1. The monoisotopic (exact) mass is 619 g/mol. The average Bonchev–Trinajstić information content (AvgIpc) is 2.93. The van der Waals surface area contributed by atoms with Gasteiger partial charge in [-0.25, -0.2) is 28.1 Å². The van der Waals surface area contributed by atoms with Crippen LogP contribution in [0.5, 0.6) is 0 Å². The molecule has 4 amide bonds. The number of ether oxygens (including phenoxy) is 2. The van der Waals surface area contributed by atoms with E-state index >= 15 is 0 Å². The predicted molar refractivity (Wildman–Crippen MR) is 160 cm³/mol. The molecule has 3 N–H and O–H groups in total. The van der Waals surface area contributed by atoms with E-state index in [-0.39, 0.29) is 24.0 Å². The predicted octanol–water partition coefficient (Wildman–Crippen LogP) is 6.62. The van der Waals surface area contributed by atoms with Gasteiger partial charge in [-0.1, -0.05) is 23.7 Å². The molecule has 43 heavy (non-hydrogen) atoms. The number of unbranched alkanes of at least 4 members (excludes halogenated alkanes) is 1. The first-order valence-electron chi connectivity index (χ1n) is 13.7. The Balaban J connectivity index is 1.58. The number of urea groups is 1. The van der Waals surface area contributed by atoms with E-state index in [4.69, 9.17) is 21.1 Å². The van der Waals surface area contributed by atoms with E-state index in [9.17, 15) is 23.2 Å². The van der Waals surface area contributed by atoms with Gasteiger partial charge in [0.15, 0.2) is 0 Å². The van der Waals surface area contributed by atoms with Crippen molar-refractivity contribution in [1.82, 2.24) is 20.5 Å². The van der Waals surface area contributed by atoms with Crippen LogP contribution in [-0.4, -0.2) is 59.9 Å². The number of fused-ring (bicyclic) bond motifs is 1. The molecule has 0 radical (unpaired) electrons. The maximum absolute atomic E-state index is 13.8. The minimum atomic E-state index is -0.805. The molecule has 2 aromatic carbocycles. The topological polar surface area (TPSA) is 122 Å². The van der Waals surface area contributed by atoms with Crippen LogP contribution >= 0.6 is 11.6 Å². The lowest BCUT2D eigenvalue weighted by molar-refractivity contribution is 0.0526. The number of halogens is 3. The van der Waals surface area contributed by atoms with Crippen LogP contribution in [0.2, 0.25) is 5.02 Å². The van der Waals surface area contributed by atoms with E-state index in [0.29, 0.717) is 42.1 Å². The van der Waals surface area contributed by atoms with Gasteiger partial charge in [0.2, 0.25) is 0 Å². The number of alkyl carbamates (subject to hydrolysis) is 1. The number of pyridine rings is 1. The molecule has 0 unspecified atom stereocenters. The first-order chi connectivity index (χ1) is 20.3. The third-order valence-corrected chi connectivity index (χ3v) is 6.71. The summed E-state index contributed by atoms with van der Waals surface area (Å²) in [5.74, 6) is -0.839.